The molecule has 3 rings (SSSR count). The summed E-state index contributed by atoms with van der Waals surface area (Å²) in [6, 6.07) is 12.6. The van der Waals surface area contributed by atoms with E-state index in [9.17, 15) is 4.79 Å². The standard InChI is InChI=1S/C21H22Cl3IN4O/c22-15-6-4-14(5-7-15)20-13-18(21(30)27-26-11-3-1-2-10-25)28-29(20)19-9-8-16(23)12-17(19)24/h4-9,12,20,26H,1-3,10-11,13H2,(H,27,30). The lowest BCUT2D eigenvalue weighted by Crippen LogP contribution is -2.41. The highest BCUT2D eigenvalue weighted by molar-refractivity contribution is 14.1. The first-order chi connectivity index (χ1) is 14.5. The van der Waals surface area contributed by atoms with Gasteiger partial charge < -0.3 is 0 Å². The number of hydrogen-bond acceptors (Lipinski definition) is 4. The first-order valence-corrected chi connectivity index (χ1v) is 12.3. The topological polar surface area (TPSA) is 56.7 Å². The van der Waals surface area contributed by atoms with Crippen molar-refractivity contribution in [1.82, 2.24) is 10.9 Å². The summed E-state index contributed by atoms with van der Waals surface area (Å²) in [5.74, 6) is -0.240. The fourth-order valence-corrected chi connectivity index (χ4v) is 4.34. The maximum absolute atomic E-state index is 12.7. The summed E-state index contributed by atoms with van der Waals surface area (Å²) in [5.41, 5.74) is 7.86. The van der Waals surface area contributed by atoms with Crippen LogP contribution in [0, 0.1) is 0 Å². The molecule has 2 aromatic carbocycles. The molecule has 1 atom stereocenters. The molecule has 9 heteroatoms. The Labute approximate surface area is 205 Å². The Hall–Kier alpha value is -1.06. The van der Waals surface area contributed by atoms with Gasteiger partial charge in [-0.2, -0.15) is 5.10 Å². The van der Waals surface area contributed by atoms with Gasteiger partial charge in [-0.15, -0.1) is 0 Å². The summed E-state index contributed by atoms with van der Waals surface area (Å²) in [7, 11) is 0. The van der Waals surface area contributed by atoms with Crippen molar-refractivity contribution in [3.05, 3.63) is 63.1 Å². The number of unbranched alkanes of at least 4 members (excludes halogenated alkanes) is 2. The molecule has 0 saturated heterocycles. The minimum absolute atomic E-state index is 0.176. The molecule has 1 heterocycles. The zero-order valence-electron chi connectivity index (χ0n) is 16.2. The minimum Gasteiger partial charge on any atom is -0.286 e. The molecule has 160 valence electrons. The summed E-state index contributed by atoms with van der Waals surface area (Å²) < 4.78 is 1.15. The Morgan fingerprint density at radius 1 is 1.07 bits per heavy atom. The van der Waals surface area contributed by atoms with Crippen LogP contribution in [0.3, 0.4) is 0 Å². The van der Waals surface area contributed by atoms with E-state index < -0.39 is 0 Å². The Morgan fingerprint density at radius 2 is 1.80 bits per heavy atom. The number of nitrogens with one attached hydrogen (secondary N) is 2. The van der Waals surface area contributed by atoms with Crippen molar-refractivity contribution in [2.24, 2.45) is 5.10 Å². The molecule has 0 spiro atoms. The number of hydrogen-bond donors (Lipinski definition) is 2. The number of halogens is 4. The van der Waals surface area contributed by atoms with Gasteiger partial charge in [0.15, 0.2) is 0 Å². The highest BCUT2D eigenvalue weighted by Gasteiger charge is 2.33. The van der Waals surface area contributed by atoms with E-state index in [4.69, 9.17) is 34.8 Å². The lowest BCUT2D eigenvalue weighted by molar-refractivity contribution is -0.115. The molecular formula is C21H22Cl3IN4O. The van der Waals surface area contributed by atoms with Crippen LogP contribution in [-0.4, -0.2) is 22.6 Å². The Kier molecular flexibility index (Phi) is 9.07. The molecule has 30 heavy (non-hydrogen) atoms. The van der Waals surface area contributed by atoms with Gasteiger partial charge in [-0.25, -0.2) is 5.43 Å². The zero-order valence-corrected chi connectivity index (χ0v) is 20.6. The van der Waals surface area contributed by atoms with Crippen LogP contribution in [0.5, 0.6) is 0 Å². The van der Waals surface area contributed by atoms with Crippen molar-refractivity contribution in [3.8, 4) is 0 Å². The minimum atomic E-state index is -0.240. The van der Waals surface area contributed by atoms with Gasteiger partial charge in [-0.1, -0.05) is 75.9 Å². The number of alkyl halides is 1. The van der Waals surface area contributed by atoms with E-state index in [0.29, 0.717) is 32.9 Å². The predicted molar refractivity (Wildman–Crippen MR) is 134 cm³/mol. The van der Waals surface area contributed by atoms with E-state index in [0.717, 1.165) is 29.4 Å². The molecular weight excluding hydrogens is 558 g/mol. The van der Waals surface area contributed by atoms with Crippen molar-refractivity contribution < 1.29 is 4.79 Å². The molecule has 1 amide bonds. The van der Waals surface area contributed by atoms with Crippen molar-refractivity contribution >= 4 is 74.7 Å². The molecule has 0 bridgehead atoms. The highest BCUT2D eigenvalue weighted by Crippen LogP contribution is 2.39. The summed E-state index contributed by atoms with van der Waals surface area (Å²) in [6.07, 6.45) is 3.77. The number of carbonyl (C=O) groups excluding carboxylic acids is 1. The van der Waals surface area contributed by atoms with Crippen molar-refractivity contribution in [3.63, 3.8) is 0 Å². The third-order valence-corrected chi connectivity index (χ3v) is 6.27. The molecule has 0 aliphatic carbocycles. The first kappa shape index (κ1) is 23.6. The molecule has 5 nitrogen and oxygen atoms in total. The Morgan fingerprint density at radius 3 is 2.50 bits per heavy atom. The smallest absolute Gasteiger partial charge is 0.281 e. The number of benzene rings is 2. The van der Waals surface area contributed by atoms with Crippen molar-refractivity contribution in [2.45, 2.75) is 31.7 Å². The fraction of sp³-hybridized carbons (Fsp3) is 0.333. The second kappa shape index (κ2) is 11.5. The zero-order chi connectivity index (χ0) is 21.5. The largest absolute Gasteiger partial charge is 0.286 e. The van der Waals surface area contributed by atoms with Crippen molar-refractivity contribution in [2.75, 3.05) is 16.0 Å². The van der Waals surface area contributed by atoms with Crippen LogP contribution in [-0.2, 0) is 4.79 Å². The van der Waals surface area contributed by atoms with Crippen LogP contribution >= 0.6 is 57.4 Å². The highest BCUT2D eigenvalue weighted by atomic mass is 127. The SMILES string of the molecule is O=C(NNCCCCCI)C1=NN(c2ccc(Cl)cc2Cl)C(c2ccc(Cl)cc2)C1. The molecule has 1 aliphatic rings. The summed E-state index contributed by atoms with van der Waals surface area (Å²) in [4.78, 5) is 12.7. The lowest BCUT2D eigenvalue weighted by atomic mass is 10.0. The predicted octanol–water partition coefficient (Wildman–Crippen LogP) is 6.18. The van der Waals surface area contributed by atoms with Gasteiger partial charge in [0.2, 0.25) is 0 Å². The fourth-order valence-electron chi connectivity index (χ4n) is 3.18. The van der Waals surface area contributed by atoms with Crippen LogP contribution < -0.4 is 15.9 Å². The van der Waals surface area contributed by atoms with Crippen LogP contribution in [0.15, 0.2) is 47.6 Å². The molecule has 1 unspecified atom stereocenters. The summed E-state index contributed by atoms with van der Waals surface area (Å²) >= 11 is 20.9. The molecule has 0 aromatic heterocycles. The van der Waals surface area contributed by atoms with Crippen LogP contribution in [0.25, 0.3) is 0 Å². The van der Waals surface area contributed by atoms with E-state index >= 15 is 0 Å². The van der Waals surface area contributed by atoms with E-state index in [1.165, 1.54) is 6.42 Å². The molecule has 2 aromatic rings. The van der Waals surface area contributed by atoms with E-state index in [1.54, 1.807) is 17.1 Å². The van der Waals surface area contributed by atoms with Gasteiger partial charge in [0.25, 0.3) is 5.91 Å². The lowest BCUT2D eigenvalue weighted by Gasteiger charge is -2.25. The number of nitrogens with zero attached hydrogens (tertiary/aromatic N) is 2. The normalized spacial score (nSPS) is 15.9. The molecule has 1 aliphatic heterocycles. The number of carbonyl (C=O) groups is 1. The maximum Gasteiger partial charge on any atom is 0.281 e. The van der Waals surface area contributed by atoms with Crippen molar-refractivity contribution in [1.29, 1.82) is 0 Å². The van der Waals surface area contributed by atoms with Gasteiger partial charge >= 0.3 is 0 Å². The van der Waals surface area contributed by atoms with Gasteiger partial charge in [-0.3, -0.25) is 15.2 Å². The van der Waals surface area contributed by atoms with Gasteiger partial charge in [0, 0.05) is 23.0 Å². The van der Waals surface area contributed by atoms with Crippen LogP contribution in [0.1, 0.15) is 37.3 Å². The third kappa shape index (κ3) is 6.23. The van der Waals surface area contributed by atoms with Crippen LogP contribution in [0.4, 0.5) is 5.69 Å². The third-order valence-electron chi connectivity index (χ3n) is 4.72. The first-order valence-electron chi connectivity index (χ1n) is 9.66. The molecule has 0 fully saturated rings. The van der Waals surface area contributed by atoms with Gasteiger partial charge in [0.1, 0.15) is 5.71 Å². The number of rotatable bonds is 9. The molecule has 0 radical (unpaired) electrons. The second-order valence-corrected chi connectivity index (χ2v) is 9.25. The molecule has 2 N–H and O–H groups in total. The Balaban J connectivity index is 1.76. The van der Waals surface area contributed by atoms with E-state index in [-0.39, 0.29) is 11.9 Å². The second-order valence-electron chi connectivity index (χ2n) is 6.89. The average Bonchev–Trinajstić information content (AvgIpc) is 3.16. The number of anilines is 1. The quantitative estimate of drug-likeness (QED) is 0.162. The van der Waals surface area contributed by atoms with E-state index in [1.807, 2.05) is 30.3 Å². The van der Waals surface area contributed by atoms with E-state index in [2.05, 4.69) is 38.5 Å². The maximum atomic E-state index is 12.7. The molecule has 0 saturated carbocycles. The summed E-state index contributed by atoms with van der Waals surface area (Å²) in [5, 5.41) is 8.03. The van der Waals surface area contributed by atoms with Gasteiger partial charge in [0.05, 0.1) is 16.8 Å². The summed E-state index contributed by atoms with van der Waals surface area (Å²) in [6.45, 7) is 0.725. The average molecular weight is 580 g/mol. The Bertz CT molecular complexity index is 908. The number of hydrazone groups is 1. The monoisotopic (exact) mass is 578 g/mol. The number of amides is 1. The number of hydrazine groups is 1. The van der Waals surface area contributed by atoms with Crippen LogP contribution in [0.2, 0.25) is 15.1 Å². The van der Waals surface area contributed by atoms with Gasteiger partial charge in [-0.05, 0) is 53.2 Å².